The van der Waals surface area contributed by atoms with E-state index in [1.807, 2.05) is 18.4 Å². The molecule has 0 spiro atoms. The molecule has 1 saturated heterocycles. The summed E-state index contributed by atoms with van der Waals surface area (Å²) in [7, 11) is 1.57. The molecule has 1 aromatic heterocycles. The molecule has 0 unspecified atom stereocenters. The number of hydrogen-bond donors (Lipinski definition) is 1. The minimum atomic E-state index is -0.362. The van der Waals surface area contributed by atoms with Crippen LogP contribution in [0.15, 0.2) is 60.0 Å². The third-order valence-electron chi connectivity index (χ3n) is 6.67. The molecule has 0 radical (unpaired) electrons. The normalized spacial score (nSPS) is 13.6. The Bertz CT molecular complexity index is 1230. The van der Waals surface area contributed by atoms with Crippen molar-refractivity contribution in [2.75, 3.05) is 58.4 Å². The summed E-state index contributed by atoms with van der Waals surface area (Å²) in [6.45, 7) is 6.53. The fraction of sp³-hybridized carbons (Fsp3) is 0.379. The van der Waals surface area contributed by atoms with Gasteiger partial charge in [0, 0.05) is 49.4 Å². The predicted octanol–water partition coefficient (Wildman–Crippen LogP) is 4.60. The van der Waals surface area contributed by atoms with Crippen LogP contribution in [0, 0.1) is 12.7 Å². The van der Waals surface area contributed by atoms with Gasteiger partial charge in [-0.15, -0.1) is 11.3 Å². The molecule has 3 aromatic rings. The van der Waals surface area contributed by atoms with Crippen molar-refractivity contribution in [1.29, 1.82) is 0 Å². The topological polar surface area (TPSA) is 74.4 Å². The Morgan fingerprint density at radius 2 is 1.85 bits per heavy atom. The molecule has 0 atom stereocenters. The highest BCUT2D eigenvalue weighted by molar-refractivity contribution is 7.10. The molecule has 1 N–H and O–H groups in total. The zero-order chi connectivity index (χ0) is 27.6. The number of nitrogens with zero attached hydrogens (tertiary/aromatic N) is 3. The van der Waals surface area contributed by atoms with Crippen LogP contribution in [0.5, 0.6) is 5.75 Å². The van der Waals surface area contributed by atoms with Crippen molar-refractivity contribution >= 4 is 29.0 Å². The first-order valence-electron chi connectivity index (χ1n) is 13.0. The van der Waals surface area contributed by atoms with E-state index < -0.39 is 0 Å². The van der Waals surface area contributed by atoms with Gasteiger partial charge in [0.1, 0.15) is 18.1 Å². The summed E-state index contributed by atoms with van der Waals surface area (Å²) in [5.74, 6) is 0.115. The van der Waals surface area contributed by atoms with E-state index in [4.69, 9.17) is 9.47 Å². The number of thiophene rings is 1. The molecule has 208 valence electrons. The number of rotatable bonds is 11. The lowest BCUT2D eigenvalue weighted by molar-refractivity contribution is -0.133. The van der Waals surface area contributed by atoms with Crippen LogP contribution in [0.25, 0.3) is 0 Å². The van der Waals surface area contributed by atoms with Gasteiger partial charge < -0.3 is 24.6 Å². The van der Waals surface area contributed by atoms with Gasteiger partial charge in [-0.1, -0.05) is 18.2 Å². The second-order valence-corrected chi connectivity index (χ2v) is 10.4. The highest BCUT2D eigenvalue weighted by atomic mass is 32.1. The van der Waals surface area contributed by atoms with Gasteiger partial charge in [-0.2, -0.15) is 0 Å². The maximum atomic E-state index is 13.8. The van der Waals surface area contributed by atoms with Crippen LogP contribution in [0.4, 0.5) is 14.9 Å². The van der Waals surface area contributed by atoms with Gasteiger partial charge in [0.2, 0.25) is 5.91 Å². The van der Waals surface area contributed by atoms with Gasteiger partial charge in [0.15, 0.2) is 0 Å². The molecular formula is C29H35FN4O4S. The van der Waals surface area contributed by atoms with Gasteiger partial charge in [0.05, 0.1) is 26.9 Å². The Hall–Kier alpha value is -3.47. The number of carbonyl (C=O) groups excluding carboxylic acids is 2. The second-order valence-electron chi connectivity index (χ2n) is 9.44. The molecule has 39 heavy (non-hydrogen) atoms. The fourth-order valence-electron chi connectivity index (χ4n) is 4.29. The van der Waals surface area contributed by atoms with E-state index in [1.165, 1.54) is 12.1 Å². The monoisotopic (exact) mass is 554 g/mol. The molecule has 4 rings (SSSR count). The van der Waals surface area contributed by atoms with E-state index in [1.54, 1.807) is 64.6 Å². The van der Waals surface area contributed by atoms with Gasteiger partial charge in [-0.05, 0) is 53.8 Å². The number of nitrogens with one attached hydrogen (secondary N) is 1. The van der Waals surface area contributed by atoms with Crippen LogP contribution in [-0.2, 0) is 22.6 Å². The lowest BCUT2D eigenvalue weighted by Gasteiger charge is -2.31. The first-order chi connectivity index (χ1) is 18.9. The van der Waals surface area contributed by atoms with Gasteiger partial charge >= 0.3 is 6.03 Å². The Labute approximate surface area is 232 Å². The smallest absolute Gasteiger partial charge is 0.322 e. The van der Waals surface area contributed by atoms with E-state index in [-0.39, 0.29) is 24.3 Å². The number of aryl methyl sites for hydroxylation is 1. The molecule has 10 heteroatoms. The van der Waals surface area contributed by atoms with Crippen LogP contribution < -0.4 is 10.1 Å². The van der Waals surface area contributed by atoms with E-state index in [2.05, 4.69) is 10.2 Å². The lowest BCUT2D eigenvalue weighted by atomic mass is 10.2. The Morgan fingerprint density at radius 3 is 2.54 bits per heavy atom. The van der Waals surface area contributed by atoms with Gasteiger partial charge in [-0.25, -0.2) is 9.18 Å². The van der Waals surface area contributed by atoms with Crippen molar-refractivity contribution < 1.29 is 23.5 Å². The molecule has 0 aliphatic carbocycles. The van der Waals surface area contributed by atoms with Crippen molar-refractivity contribution in [2.24, 2.45) is 0 Å². The summed E-state index contributed by atoms with van der Waals surface area (Å²) in [6, 6.07) is 14.9. The number of carbonyl (C=O) groups is 2. The van der Waals surface area contributed by atoms with Crippen LogP contribution in [-0.4, -0.2) is 79.7 Å². The van der Waals surface area contributed by atoms with E-state index in [9.17, 15) is 14.0 Å². The van der Waals surface area contributed by atoms with E-state index in [0.29, 0.717) is 50.8 Å². The quantitative estimate of drug-likeness (QED) is 0.375. The Kier molecular flexibility index (Phi) is 10.3. The van der Waals surface area contributed by atoms with Crippen molar-refractivity contribution in [2.45, 2.75) is 20.0 Å². The number of urea groups is 1. The van der Waals surface area contributed by atoms with Crippen molar-refractivity contribution in [3.63, 3.8) is 0 Å². The standard InChI is InChI=1S/C29H35FN4O4S/c1-22-10-17-39-27(22)20-34(19-23-6-8-24(30)9-7-23)28(35)21-33(12-11-32-13-15-38-16-14-32)29(36)31-25-4-3-5-26(18-25)37-2/h3-10,17-18H,11-16,19-21H2,1-2H3,(H,31,36). The highest BCUT2D eigenvalue weighted by Crippen LogP contribution is 2.21. The van der Waals surface area contributed by atoms with Gasteiger partial charge in [-0.3, -0.25) is 9.69 Å². The summed E-state index contributed by atoms with van der Waals surface area (Å²) in [4.78, 5) is 33.8. The third-order valence-corrected chi connectivity index (χ3v) is 7.67. The van der Waals surface area contributed by atoms with Crippen molar-refractivity contribution in [3.8, 4) is 5.75 Å². The predicted molar refractivity (Wildman–Crippen MR) is 151 cm³/mol. The zero-order valence-corrected chi connectivity index (χ0v) is 23.2. The minimum absolute atomic E-state index is 0.0915. The molecule has 0 bridgehead atoms. The van der Waals surface area contributed by atoms with Crippen LogP contribution in [0.3, 0.4) is 0 Å². The first kappa shape index (κ1) is 28.5. The van der Waals surface area contributed by atoms with Crippen LogP contribution >= 0.6 is 11.3 Å². The average molecular weight is 555 g/mol. The molecular weight excluding hydrogens is 519 g/mol. The molecule has 2 heterocycles. The highest BCUT2D eigenvalue weighted by Gasteiger charge is 2.24. The van der Waals surface area contributed by atoms with Crippen molar-refractivity contribution in [3.05, 3.63) is 81.8 Å². The van der Waals surface area contributed by atoms with Crippen LogP contribution in [0.1, 0.15) is 16.0 Å². The second kappa shape index (κ2) is 14.1. The zero-order valence-electron chi connectivity index (χ0n) is 22.4. The number of morpholine rings is 1. The number of methoxy groups -OCH3 is 1. The summed E-state index contributed by atoms with van der Waals surface area (Å²) >= 11 is 1.59. The molecule has 1 aliphatic heterocycles. The molecule has 3 amide bonds. The first-order valence-corrected chi connectivity index (χ1v) is 13.8. The number of amides is 3. The van der Waals surface area contributed by atoms with Crippen molar-refractivity contribution in [1.82, 2.24) is 14.7 Å². The van der Waals surface area contributed by atoms with E-state index >= 15 is 0 Å². The molecule has 0 saturated carbocycles. The SMILES string of the molecule is COc1cccc(NC(=O)N(CCN2CCOCC2)CC(=O)N(Cc2ccc(F)cc2)Cc2sccc2C)c1. The molecule has 1 aliphatic rings. The largest absolute Gasteiger partial charge is 0.497 e. The Balaban J connectivity index is 1.51. The van der Waals surface area contributed by atoms with Crippen LogP contribution in [0.2, 0.25) is 0 Å². The maximum Gasteiger partial charge on any atom is 0.322 e. The lowest BCUT2D eigenvalue weighted by Crippen LogP contribution is -2.48. The number of benzene rings is 2. The summed E-state index contributed by atoms with van der Waals surface area (Å²) in [6.07, 6.45) is 0. The van der Waals surface area contributed by atoms with Gasteiger partial charge in [0.25, 0.3) is 0 Å². The number of hydrogen-bond acceptors (Lipinski definition) is 6. The Morgan fingerprint density at radius 1 is 1.08 bits per heavy atom. The third kappa shape index (κ3) is 8.51. The minimum Gasteiger partial charge on any atom is -0.497 e. The van der Waals surface area contributed by atoms with E-state index in [0.717, 1.165) is 29.1 Å². The molecule has 2 aromatic carbocycles. The number of anilines is 1. The molecule has 8 nitrogen and oxygen atoms in total. The number of halogens is 1. The summed E-state index contributed by atoms with van der Waals surface area (Å²) in [5.41, 5.74) is 2.51. The summed E-state index contributed by atoms with van der Waals surface area (Å²) < 4.78 is 24.2. The average Bonchev–Trinajstić information content (AvgIpc) is 3.36. The summed E-state index contributed by atoms with van der Waals surface area (Å²) in [5, 5.41) is 4.91. The molecule has 1 fully saturated rings. The maximum absolute atomic E-state index is 13.8. The number of ether oxygens (including phenoxy) is 2. The fourth-order valence-corrected chi connectivity index (χ4v) is 5.21.